The summed E-state index contributed by atoms with van der Waals surface area (Å²) in [5.41, 5.74) is 1.70. The molecule has 19 heavy (non-hydrogen) atoms. The van der Waals surface area contributed by atoms with E-state index in [0.29, 0.717) is 12.1 Å². The normalized spacial score (nSPS) is 17.9. The molecule has 0 aromatic heterocycles. The number of rotatable bonds is 4. The van der Waals surface area contributed by atoms with Crippen LogP contribution in [0, 0.1) is 12.7 Å². The molecule has 1 heterocycles. The lowest BCUT2D eigenvalue weighted by Crippen LogP contribution is -2.41. The number of benzene rings is 1. The maximum Gasteiger partial charge on any atom is 0.237 e. The molecule has 1 amide bonds. The van der Waals surface area contributed by atoms with Gasteiger partial charge in [-0.3, -0.25) is 4.79 Å². The van der Waals surface area contributed by atoms with E-state index in [1.165, 1.54) is 6.07 Å². The third-order valence-corrected chi connectivity index (χ3v) is 3.31. The van der Waals surface area contributed by atoms with Gasteiger partial charge >= 0.3 is 0 Å². The predicted molar refractivity (Wildman–Crippen MR) is 76.1 cm³/mol. The summed E-state index contributed by atoms with van der Waals surface area (Å²) in [6, 6.07) is 5.04. The number of hydrogen-bond donors (Lipinski definition) is 2. The summed E-state index contributed by atoms with van der Waals surface area (Å²) in [6.45, 7) is 3.27. The van der Waals surface area contributed by atoms with Crippen LogP contribution in [0.2, 0.25) is 0 Å². The Balaban J connectivity index is 0.00000180. The number of amides is 1. The van der Waals surface area contributed by atoms with Crippen molar-refractivity contribution in [3.8, 4) is 0 Å². The summed E-state index contributed by atoms with van der Waals surface area (Å²) < 4.78 is 13.1. The van der Waals surface area contributed by atoms with Crippen molar-refractivity contribution >= 4 is 18.3 Å². The van der Waals surface area contributed by atoms with Crippen LogP contribution in [0.15, 0.2) is 18.2 Å². The Hall–Kier alpha value is -1.13. The van der Waals surface area contributed by atoms with E-state index < -0.39 is 0 Å². The van der Waals surface area contributed by atoms with Gasteiger partial charge in [-0.1, -0.05) is 12.1 Å². The zero-order chi connectivity index (χ0) is 13.0. The first-order valence-corrected chi connectivity index (χ1v) is 6.43. The van der Waals surface area contributed by atoms with E-state index in [0.717, 1.165) is 31.4 Å². The van der Waals surface area contributed by atoms with Gasteiger partial charge in [-0.15, -0.1) is 12.4 Å². The molecule has 1 aromatic carbocycles. The lowest BCUT2D eigenvalue weighted by atomic mass is 10.1. The summed E-state index contributed by atoms with van der Waals surface area (Å²) in [5.74, 6) is -0.107. The monoisotopic (exact) mass is 286 g/mol. The Morgan fingerprint density at radius 1 is 1.53 bits per heavy atom. The van der Waals surface area contributed by atoms with Crippen LogP contribution in [0.25, 0.3) is 0 Å². The highest BCUT2D eigenvalue weighted by Gasteiger charge is 2.21. The Morgan fingerprint density at radius 3 is 2.95 bits per heavy atom. The highest BCUT2D eigenvalue weighted by molar-refractivity contribution is 5.85. The molecule has 3 nitrogen and oxygen atoms in total. The van der Waals surface area contributed by atoms with E-state index in [4.69, 9.17) is 0 Å². The molecule has 0 saturated carbocycles. The molecule has 1 fully saturated rings. The molecule has 1 atom stereocenters. The number of carbonyl (C=O) groups is 1. The largest absolute Gasteiger partial charge is 0.354 e. The van der Waals surface area contributed by atoms with Crippen LogP contribution in [-0.2, 0) is 11.2 Å². The zero-order valence-corrected chi connectivity index (χ0v) is 11.9. The van der Waals surface area contributed by atoms with Gasteiger partial charge in [0.15, 0.2) is 0 Å². The second-order valence-electron chi connectivity index (χ2n) is 4.77. The van der Waals surface area contributed by atoms with Gasteiger partial charge in [-0.25, -0.2) is 4.39 Å². The van der Waals surface area contributed by atoms with E-state index in [1.807, 2.05) is 6.07 Å². The van der Waals surface area contributed by atoms with Gasteiger partial charge in [-0.2, -0.15) is 0 Å². The highest BCUT2D eigenvalue weighted by Crippen LogP contribution is 2.09. The van der Waals surface area contributed by atoms with Crippen LogP contribution in [0.4, 0.5) is 4.39 Å². The number of halogens is 2. The predicted octanol–water partition coefficient (Wildman–Crippen LogP) is 1.97. The van der Waals surface area contributed by atoms with Gasteiger partial charge in [0.2, 0.25) is 5.91 Å². The van der Waals surface area contributed by atoms with Gasteiger partial charge in [0.05, 0.1) is 6.04 Å². The average molecular weight is 287 g/mol. The van der Waals surface area contributed by atoms with Crippen LogP contribution < -0.4 is 10.6 Å². The second-order valence-corrected chi connectivity index (χ2v) is 4.77. The fourth-order valence-corrected chi connectivity index (χ4v) is 2.22. The van der Waals surface area contributed by atoms with Crippen molar-refractivity contribution < 1.29 is 9.18 Å². The molecule has 1 aromatic rings. The quantitative estimate of drug-likeness (QED) is 0.888. The number of nitrogens with one attached hydrogen (secondary N) is 2. The summed E-state index contributed by atoms with van der Waals surface area (Å²) in [4.78, 5) is 11.7. The summed E-state index contributed by atoms with van der Waals surface area (Å²) in [6.07, 6.45) is 2.72. The molecule has 1 unspecified atom stereocenters. The molecule has 1 aliphatic heterocycles. The van der Waals surface area contributed by atoms with E-state index in [-0.39, 0.29) is 30.2 Å². The van der Waals surface area contributed by atoms with Crippen LogP contribution in [0.3, 0.4) is 0 Å². The fourth-order valence-electron chi connectivity index (χ4n) is 2.22. The Bertz CT molecular complexity index is 433. The molecule has 0 spiro atoms. The van der Waals surface area contributed by atoms with Crippen LogP contribution in [0.1, 0.15) is 24.0 Å². The van der Waals surface area contributed by atoms with Gasteiger partial charge < -0.3 is 10.6 Å². The molecule has 0 radical (unpaired) electrons. The second kappa shape index (κ2) is 7.46. The molecule has 2 rings (SSSR count). The Labute approximate surface area is 119 Å². The number of carbonyl (C=O) groups excluding carboxylic acids is 1. The van der Waals surface area contributed by atoms with E-state index in [2.05, 4.69) is 10.6 Å². The first-order valence-electron chi connectivity index (χ1n) is 6.43. The van der Waals surface area contributed by atoms with E-state index in [1.54, 1.807) is 13.0 Å². The topological polar surface area (TPSA) is 41.1 Å². The SMILES string of the molecule is Cc1cc(CCNC(=O)C2CCCN2)ccc1F.Cl. The highest BCUT2D eigenvalue weighted by atomic mass is 35.5. The third kappa shape index (κ3) is 4.48. The minimum Gasteiger partial charge on any atom is -0.354 e. The smallest absolute Gasteiger partial charge is 0.237 e. The summed E-state index contributed by atoms with van der Waals surface area (Å²) in [5, 5.41) is 6.07. The van der Waals surface area contributed by atoms with Crippen LogP contribution in [0.5, 0.6) is 0 Å². The lowest BCUT2D eigenvalue weighted by molar-refractivity contribution is -0.122. The molecule has 2 N–H and O–H groups in total. The molecule has 1 aliphatic rings. The molecular formula is C14H20ClFN2O. The van der Waals surface area contributed by atoms with Gasteiger partial charge in [0.25, 0.3) is 0 Å². The van der Waals surface area contributed by atoms with Gasteiger partial charge in [0, 0.05) is 6.54 Å². The third-order valence-electron chi connectivity index (χ3n) is 3.31. The first kappa shape index (κ1) is 15.9. The Morgan fingerprint density at radius 2 is 2.32 bits per heavy atom. The van der Waals surface area contributed by atoms with Crippen molar-refractivity contribution in [1.29, 1.82) is 0 Å². The molecule has 106 valence electrons. The maximum absolute atomic E-state index is 13.1. The van der Waals surface area contributed by atoms with Crippen molar-refractivity contribution in [2.24, 2.45) is 0 Å². The van der Waals surface area contributed by atoms with E-state index in [9.17, 15) is 9.18 Å². The molecule has 0 bridgehead atoms. The van der Waals surface area contributed by atoms with E-state index >= 15 is 0 Å². The van der Waals surface area contributed by atoms with Crippen molar-refractivity contribution in [3.63, 3.8) is 0 Å². The molecule has 0 aliphatic carbocycles. The number of aryl methyl sites for hydroxylation is 1. The van der Waals surface area contributed by atoms with Crippen LogP contribution in [-0.4, -0.2) is 25.0 Å². The maximum atomic E-state index is 13.1. The summed E-state index contributed by atoms with van der Waals surface area (Å²) in [7, 11) is 0. The molecule has 1 saturated heterocycles. The molecule has 5 heteroatoms. The minimum absolute atomic E-state index is 0. The van der Waals surface area contributed by atoms with Crippen molar-refractivity contribution in [1.82, 2.24) is 10.6 Å². The fraction of sp³-hybridized carbons (Fsp3) is 0.500. The van der Waals surface area contributed by atoms with Crippen molar-refractivity contribution in [3.05, 3.63) is 35.1 Å². The van der Waals surface area contributed by atoms with Crippen molar-refractivity contribution in [2.75, 3.05) is 13.1 Å². The molecular weight excluding hydrogens is 267 g/mol. The Kier molecular flexibility index (Phi) is 6.25. The summed E-state index contributed by atoms with van der Waals surface area (Å²) >= 11 is 0. The average Bonchev–Trinajstić information content (AvgIpc) is 2.87. The zero-order valence-electron chi connectivity index (χ0n) is 11.0. The standard InChI is InChI=1S/C14H19FN2O.ClH/c1-10-9-11(4-5-12(10)15)6-8-17-14(18)13-3-2-7-16-13;/h4-5,9,13,16H,2-3,6-8H2,1H3,(H,17,18);1H. The number of hydrogen-bond acceptors (Lipinski definition) is 2. The van der Waals surface area contributed by atoms with Crippen molar-refractivity contribution in [2.45, 2.75) is 32.2 Å². The van der Waals surface area contributed by atoms with Gasteiger partial charge in [0.1, 0.15) is 5.82 Å². The lowest BCUT2D eigenvalue weighted by Gasteiger charge is -2.11. The minimum atomic E-state index is -0.182. The van der Waals surface area contributed by atoms with Gasteiger partial charge in [-0.05, 0) is 49.9 Å². The first-order chi connectivity index (χ1) is 8.66. The van der Waals surface area contributed by atoms with Crippen LogP contribution >= 0.6 is 12.4 Å².